The van der Waals surface area contributed by atoms with Gasteiger partial charge in [0.05, 0.1) is 18.4 Å². The number of carbonyl (C=O) groups is 3. The van der Waals surface area contributed by atoms with E-state index >= 15 is 0 Å². The van der Waals surface area contributed by atoms with Crippen molar-refractivity contribution in [2.24, 2.45) is 5.73 Å². The SMILES string of the molecule is COc1ccc(Nc2cc(C(=O)N[C@H]3C[C@H]4CC[C@@H](C3)N4c3ccc(C(C)=O)cn3)ccc2C(N)=O)cc1OCCN(C)C. The third-order valence-corrected chi connectivity index (χ3v) is 8.27. The standard InChI is InChI=1S/C33H40N6O5/c1-20(40)22-6-12-31(35-19-22)39-25-8-9-26(39)17-24(16-25)37-33(42)21-5-10-27(32(34)41)28(15-21)36-23-7-11-29(43-4)30(18-23)44-14-13-38(2)3/h5-7,10-12,15,18-19,24-26,36H,8-9,13-14,16-17H2,1-4H3,(H2,34,41)(H,37,42)/t24-,25+,26-. The minimum atomic E-state index is -0.607. The van der Waals surface area contributed by atoms with E-state index in [4.69, 9.17) is 15.2 Å². The molecule has 2 saturated heterocycles. The van der Waals surface area contributed by atoms with E-state index in [1.807, 2.05) is 31.1 Å². The summed E-state index contributed by atoms with van der Waals surface area (Å²) < 4.78 is 11.4. The summed E-state index contributed by atoms with van der Waals surface area (Å²) in [4.78, 5) is 46.3. The zero-order valence-electron chi connectivity index (χ0n) is 25.6. The van der Waals surface area contributed by atoms with Crippen molar-refractivity contribution < 1.29 is 23.9 Å². The van der Waals surface area contributed by atoms with Crippen LogP contribution in [0.15, 0.2) is 54.7 Å². The maximum absolute atomic E-state index is 13.4. The van der Waals surface area contributed by atoms with Crippen molar-refractivity contribution in [3.63, 3.8) is 0 Å². The molecule has 0 spiro atoms. The molecule has 2 fully saturated rings. The molecule has 1 aromatic heterocycles. The lowest BCUT2D eigenvalue weighted by Crippen LogP contribution is -2.50. The van der Waals surface area contributed by atoms with E-state index in [9.17, 15) is 14.4 Å². The molecule has 0 aliphatic carbocycles. The van der Waals surface area contributed by atoms with E-state index in [2.05, 4.69) is 20.5 Å². The number of fused-ring (bicyclic) bond motifs is 2. The Morgan fingerprint density at radius 1 is 1.00 bits per heavy atom. The van der Waals surface area contributed by atoms with Gasteiger partial charge in [0.1, 0.15) is 12.4 Å². The third kappa shape index (κ3) is 6.94. The van der Waals surface area contributed by atoms with E-state index in [1.54, 1.807) is 49.7 Å². The molecule has 44 heavy (non-hydrogen) atoms. The smallest absolute Gasteiger partial charge is 0.251 e. The van der Waals surface area contributed by atoms with Gasteiger partial charge in [-0.3, -0.25) is 14.4 Å². The van der Waals surface area contributed by atoms with Gasteiger partial charge in [-0.1, -0.05) is 0 Å². The first-order chi connectivity index (χ1) is 21.1. The average Bonchev–Trinajstić information content (AvgIpc) is 3.26. The van der Waals surface area contributed by atoms with E-state index in [0.29, 0.717) is 40.6 Å². The van der Waals surface area contributed by atoms with Crippen molar-refractivity contribution >= 4 is 34.8 Å². The van der Waals surface area contributed by atoms with Crippen LogP contribution in [0.25, 0.3) is 0 Å². The van der Waals surface area contributed by atoms with Gasteiger partial charge in [-0.25, -0.2) is 4.98 Å². The largest absolute Gasteiger partial charge is 0.493 e. The van der Waals surface area contributed by atoms with E-state index in [0.717, 1.165) is 38.0 Å². The number of hydrogen-bond acceptors (Lipinski definition) is 9. The minimum absolute atomic E-state index is 0.00318. The van der Waals surface area contributed by atoms with E-state index in [-0.39, 0.29) is 35.4 Å². The molecule has 2 amide bonds. The number of ketones is 1. The Kier molecular flexibility index (Phi) is 9.34. The number of carbonyl (C=O) groups excluding carboxylic acids is 3. The molecule has 5 rings (SSSR count). The van der Waals surface area contributed by atoms with Gasteiger partial charge in [-0.05, 0) is 89.2 Å². The number of amides is 2. The maximum atomic E-state index is 13.4. The lowest BCUT2D eigenvalue weighted by Gasteiger charge is -2.40. The Morgan fingerprint density at radius 3 is 2.34 bits per heavy atom. The molecular weight excluding hydrogens is 560 g/mol. The maximum Gasteiger partial charge on any atom is 0.251 e. The molecule has 2 aliphatic heterocycles. The average molecular weight is 601 g/mol. The van der Waals surface area contributed by atoms with Crippen LogP contribution in [0.5, 0.6) is 11.5 Å². The van der Waals surface area contributed by atoms with Crippen molar-refractivity contribution in [3.8, 4) is 11.5 Å². The number of ether oxygens (including phenoxy) is 2. The first-order valence-corrected chi connectivity index (χ1v) is 14.9. The van der Waals surface area contributed by atoms with Gasteiger partial charge in [-0.15, -0.1) is 0 Å². The Balaban J connectivity index is 1.28. The minimum Gasteiger partial charge on any atom is -0.493 e. The molecule has 3 atom stereocenters. The number of nitrogens with two attached hydrogens (primary N) is 1. The number of Topliss-reactive ketones (excluding diaryl/α,β-unsaturated/α-hetero) is 1. The molecule has 2 aromatic carbocycles. The predicted octanol–water partition coefficient (Wildman–Crippen LogP) is 4.01. The van der Waals surface area contributed by atoms with Crippen LogP contribution >= 0.6 is 0 Å². The highest BCUT2D eigenvalue weighted by molar-refractivity contribution is 6.02. The second-order valence-electron chi connectivity index (χ2n) is 11.7. The molecule has 4 N–H and O–H groups in total. The summed E-state index contributed by atoms with van der Waals surface area (Å²) in [6.45, 7) is 2.74. The first-order valence-electron chi connectivity index (χ1n) is 14.9. The van der Waals surface area contributed by atoms with Crippen molar-refractivity contribution in [1.82, 2.24) is 15.2 Å². The summed E-state index contributed by atoms with van der Waals surface area (Å²) in [5.74, 6) is 1.18. The van der Waals surface area contributed by atoms with Crippen LogP contribution in [-0.2, 0) is 0 Å². The number of benzene rings is 2. The molecule has 2 aliphatic rings. The molecule has 0 radical (unpaired) electrons. The number of nitrogens with one attached hydrogen (secondary N) is 2. The molecule has 2 bridgehead atoms. The summed E-state index contributed by atoms with van der Waals surface area (Å²) in [5, 5.41) is 6.45. The number of methoxy groups -OCH3 is 1. The second-order valence-corrected chi connectivity index (χ2v) is 11.7. The van der Waals surface area contributed by atoms with Crippen LogP contribution in [0.1, 0.15) is 63.7 Å². The number of likely N-dealkylation sites (N-methyl/N-ethyl adjacent to an activating group) is 1. The zero-order chi connectivity index (χ0) is 31.4. The van der Waals surface area contributed by atoms with Crippen molar-refractivity contribution in [2.75, 3.05) is 44.6 Å². The summed E-state index contributed by atoms with van der Waals surface area (Å²) >= 11 is 0. The number of piperidine rings is 1. The van der Waals surface area contributed by atoms with E-state index < -0.39 is 5.91 Å². The van der Waals surface area contributed by atoms with Gasteiger partial charge in [0.2, 0.25) is 0 Å². The normalized spacial score (nSPS) is 19.0. The molecule has 3 aromatic rings. The number of rotatable bonds is 12. The number of primary amides is 1. The highest BCUT2D eigenvalue weighted by atomic mass is 16.5. The number of hydrogen-bond donors (Lipinski definition) is 3. The highest BCUT2D eigenvalue weighted by Gasteiger charge is 2.41. The van der Waals surface area contributed by atoms with E-state index in [1.165, 1.54) is 6.92 Å². The monoisotopic (exact) mass is 600 g/mol. The Morgan fingerprint density at radius 2 is 1.73 bits per heavy atom. The second kappa shape index (κ2) is 13.3. The number of nitrogens with zero attached hydrogens (tertiary/aromatic N) is 3. The molecule has 11 heteroatoms. The predicted molar refractivity (Wildman–Crippen MR) is 169 cm³/mol. The summed E-state index contributed by atoms with van der Waals surface area (Å²) in [6.07, 6.45) is 5.28. The van der Waals surface area contributed by atoms with Crippen LogP contribution in [0.4, 0.5) is 17.2 Å². The van der Waals surface area contributed by atoms with Gasteiger partial charge in [0.25, 0.3) is 11.8 Å². The lowest BCUT2D eigenvalue weighted by atomic mass is 9.96. The Bertz CT molecular complexity index is 1510. The molecule has 232 valence electrons. The lowest BCUT2D eigenvalue weighted by molar-refractivity contribution is 0.0924. The fraction of sp³-hybridized carbons (Fsp3) is 0.394. The fourth-order valence-corrected chi connectivity index (χ4v) is 6.05. The van der Waals surface area contributed by atoms with Gasteiger partial charge in [-0.2, -0.15) is 0 Å². The molecule has 0 unspecified atom stereocenters. The van der Waals surface area contributed by atoms with Crippen molar-refractivity contribution in [3.05, 3.63) is 71.4 Å². The van der Waals surface area contributed by atoms with Crippen LogP contribution < -0.4 is 30.7 Å². The fourth-order valence-electron chi connectivity index (χ4n) is 6.05. The number of anilines is 3. The third-order valence-electron chi connectivity index (χ3n) is 8.27. The Hall–Kier alpha value is -4.64. The summed E-state index contributed by atoms with van der Waals surface area (Å²) in [5.41, 5.74) is 8.04. The van der Waals surface area contributed by atoms with Crippen LogP contribution in [-0.4, -0.2) is 80.0 Å². The zero-order valence-corrected chi connectivity index (χ0v) is 25.6. The Labute approximate surface area is 257 Å². The van der Waals surface area contributed by atoms with Crippen LogP contribution in [0.2, 0.25) is 0 Å². The molecular formula is C33H40N6O5. The van der Waals surface area contributed by atoms with Crippen LogP contribution in [0.3, 0.4) is 0 Å². The molecule has 0 saturated carbocycles. The van der Waals surface area contributed by atoms with Gasteiger partial charge >= 0.3 is 0 Å². The first kappa shape index (κ1) is 30.8. The molecule has 11 nitrogen and oxygen atoms in total. The van der Waals surface area contributed by atoms with Gasteiger partial charge < -0.3 is 35.6 Å². The summed E-state index contributed by atoms with van der Waals surface area (Å²) in [6, 6.07) is 14.5. The van der Waals surface area contributed by atoms with Gasteiger partial charge in [0, 0.05) is 53.7 Å². The van der Waals surface area contributed by atoms with Gasteiger partial charge in [0.15, 0.2) is 17.3 Å². The topological polar surface area (TPSA) is 139 Å². The summed E-state index contributed by atoms with van der Waals surface area (Å²) in [7, 11) is 5.51. The van der Waals surface area contributed by atoms with Crippen molar-refractivity contribution in [2.45, 2.75) is 50.7 Å². The van der Waals surface area contributed by atoms with Crippen LogP contribution in [0, 0.1) is 0 Å². The number of pyridine rings is 1. The quantitative estimate of drug-likeness (QED) is 0.263. The van der Waals surface area contributed by atoms with Crippen molar-refractivity contribution in [1.29, 1.82) is 0 Å². The number of aromatic nitrogens is 1. The molecule has 3 heterocycles. The highest BCUT2D eigenvalue weighted by Crippen LogP contribution is 2.39.